The maximum atomic E-state index is 2.39. The van der Waals surface area contributed by atoms with Gasteiger partial charge in [-0.1, -0.05) is 66.7 Å². The summed E-state index contributed by atoms with van der Waals surface area (Å²) in [4.78, 5) is 0. The molecule has 0 aliphatic heterocycles. The minimum Gasteiger partial charge on any atom is -0.0651 e. The second kappa shape index (κ2) is 6.45. The van der Waals surface area contributed by atoms with Crippen molar-refractivity contribution in [3.05, 3.63) is 0 Å². The quantitative estimate of drug-likeness (QED) is 0.520. The minimum absolute atomic E-state index is 0.575. The van der Waals surface area contributed by atoms with Crippen LogP contribution in [0.3, 0.4) is 0 Å². The van der Waals surface area contributed by atoms with Gasteiger partial charge in [-0.05, 0) is 17.8 Å². The van der Waals surface area contributed by atoms with Crippen molar-refractivity contribution in [3.63, 3.8) is 0 Å². The summed E-state index contributed by atoms with van der Waals surface area (Å²) in [5.74, 6) is 0.979. The Hall–Kier alpha value is 0. The molecule has 0 saturated heterocycles. The Kier molecular flexibility index (Phi) is 6.45. The Bertz CT molecular complexity index is 109. The largest absolute Gasteiger partial charge is 0.0651 e. The fraction of sp³-hybridized carbons (Fsp3) is 1.00. The summed E-state index contributed by atoms with van der Waals surface area (Å²) in [6.45, 7) is 11.7. The van der Waals surface area contributed by atoms with Crippen LogP contribution in [0.5, 0.6) is 0 Å². The summed E-state index contributed by atoms with van der Waals surface area (Å²) in [6.07, 6.45) is 8.31. The topological polar surface area (TPSA) is 0 Å². The first-order valence-electron chi connectivity index (χ1n) is 6.05. The second-order valence-corrected chi connectivity index (χ2v) is 5.09. The van der Waals surface area contributed by atoms with E-state index in [0.717, 1.165) is 5.92 Å². The maximum absolute atomic E-state index is 2.39. The first-order valence-corrected chi connectivity index (χ1v) is 6.05. The smallest absolute Gasteiger partial charge is 0.0357 e. The summed E-state index contributed by atoms with van der Waals surface area (Å²) < 4.78 is 0. The van der Waals surface area contributed by atoms with Crippen molar-refractivity contribution in [1.29, 1.82) is 0 Å². The average molecular weight is 184 g/mol. The Morgan fingerprint density at radius 1 is 1.00 bits per heavy atom. The average Bonchev–Trinajstić information content (AvgIpc) is 2.12. The van der Waals surface area contributed by atoms with Crippen molar-refractivity contribution < 1.29 is 0 Å². The van der Waals surface area contributed by atoms with Gasteiger partial charge in [-0.2, -0.15) is 0 Å². The van der Waals surface area contributed by atoms with Crippen molar-refractivity contribution in [2.75, 3.05) is 0 Å². The van der Waals surface area contributed by atoms with Crippen molar-refractivity contribution in [2.45, 2.75) is 73.1 Å². The van der Waals surface area contributed by atoms with Crippen LogP contribution < -0.4 is 0 Å². The van der Waals surface area contributed by atoms with Crippen molar-refractivity contribution in [2.24, 2.45) is 11.3 Å². The zero-order valence-corrected chi connectivity index (χ0v) is 10.3. The van der Waals surface area contributed by atoms with Crippen LogP contribution in [0.25, 0.3) is 0 Å². The third-order valence-electron chi connectivity index (χ3n) is 3.58. The molecule has 0 heteroatoms. The van der Waals surface area contributed by atoms with E-state index in [0.29, 0.717) is 5.41 Å². The molecule has 0 unspecified atom stereocenters. The van der Waals surface area contributed by atoms with Crippen LogP contribution in [-0.2, 0) is 0 Å². The third kappa shape index (κ3) is 6.12. The van der Waals surface area contributed by atoms with Gasteiger partial charge in [0.2, 0.25) is 0 Å². The van der Waals surface area contributed by atoms with Gasteiger partial charge >= 0.3 is 0 Å². The molecule has 0 aromatic rings. The van der Waals surface area contributed by atoms with E-state index in [2.05, 4.69) is 34.6 Å². The minimum atomic E-state index is 0.575. The van der Waals surface area contributed by atoms with Gasteiger partial charge in [-0.3, -0.25) is 0 Å². The Morgan fingerprint density at radius 3 is 1.92 bits per heavy atom. The molecule has 13 heavy (non-hydrogen) atoms. The van der Waals surface area contributed by atoms with Crippen molar-refractivity contribution >= 4 is 0 Å². The Labute approximate surface area is 85.1 Å². The summed E-state index contributed by atoms with van der Waals surface area (Å²) in [5, 5.41) is 0. The Morgan fingerprint density at radius 2 is 1.54 bits per heavy atom. The fourth-order valence-electron chi connectivity index (χ4n) is 1.74. The van der Waals surface area contributed by atoms with E-state index in [9.17, 15) is 0 Å². The molecule has 0 saturated carbocycles. The van der Waals surface area contributed by atoms with E-state index in [-0.39, 0.29) is 0 Å². The van der Waals surface area contributed by atoms with Crippen LogP contribution in [0.1, 0.15) is 73.1 Å². The maximum Gasteiger partial charge on any atom is -0.0357 e. The first kappa shape index (κ1) is 13.0. The summed E-state index contributed by atoms with van der Waals surface area (Å²) in [7, 11) is 0. The van der Waals surface area contributed by atoms with Gasteiger partial charge < -0.3 is 0 Å². The van der Waals surface area contributed by atoms with Crippen LogP contribution in [0.2, 0.25) is 0 Å². The molecule has 0 rings (SSSR count). The molecule has 0 nitrogen and oxygen atoms in total. The van der Waals surface area contributed by atoms with Crippen LogP contribution >= 0.6 is 0 Å². The highest BCUT2D eigenvalue weighted by Gasteiger charge is 2.14. The molecule has 0 spiro atoms. The lowest BCUT2D eigenvalue weighted by Crippen LogP contribution is -2.10. The SMILES string of the molecule is CCC(CC)CCCC(C)(C)CC. The highest BCUT2D eigenvalue weighted by Crippen LogP contribution is 2.28. The van der Waals surface area contributed by atoms with E-state index in [4.69, 9.17) is 0 Å². The predicted molar refractivity (Wildman–Crippen MR) is 62.0 cm³/mol. The van der Waals surface area contributed by atoms with Gasteiger partial charge in [0.15, 0.2) is 0 Å². The van der Waals surface area contributed by atoms with Gasteiger partial charge in [0.1, 0.15) is 0 Å². The van der Waals surface area contributed by atoms with E-state index in [1.54, 1.807) is 0 Å². The van der Waals surface area contributed by atoms with Crippen LogP contribution in [-0.4, -0.2) is 0 Å². The van der Waals surface area contributed by atoms with E-state index >= 15 is 0 Å². The zero-order chi connectivity index (χ0) is 10.3. The molecular formula is C13H28. The summed E-state index contributed by atoms with van der Waals surface area (Å²) >= 11 is 0. The van der Waals surface area contributed by atoms with Gasteiger partial charge in [0.25, 0.3) is 0 Å². The van der Waals surface area contributed by atoms with Gasteiger partial charge in [-0.25, -0.2) is 0 Å². The molecule has 0 aliphatic carbocycles. The molecule has 0 heterocycles. The van der Waals surface area contributed by atoms with Crippen LogP contribution in [0.4, 0.5) is 0 Å². The molecule has 0 aromatic carbocycles. The molecule has 0 radical (unpaired) electrons. The molecule has 0 amide bonds. The molecule has 80 valence electrons. The molecule has 0 N–H and O–H groups in total. The second-order valence-electron chi connectivity index (χ2n) is 5.09. The lowest BCUT2D eigenvalue weighted by molar-refractivity contribution is 0.292. The number of hydrogen-bond donors (Lipinski definition) is 0. The number of rotatable bonds is 7. The van der Waals surface area contributed by atoms with E-state index in [1.807, 2.05) is 0 Å². The standard InChI is InChI=1S/C13H28/c1-6-12(7-2)10-9-11-13(4,5)8-3/h12H,6-11H2,1-5H3. The molecule has 0 fully saturated rings. The molecule has 0 bridgehead atoms. The van der Waals surface area contributed by atoms with Gasteiger partial charge in [0, 0.05) is 0 Å². The van der Waals surface area contributed by atoms with Gasteiger partial charge in [0.05, 0.1) is 0 Å². The summed E-state index contributed by atoms with van der Waals surface area (Å²) in [5.41, 5.74) is 0.575. The molecule has 0 aromatic heterocycles. The zero-order valence-electron chi connectivity index (χ0n) is 10.3. The number of hydrogen-bond acceptors (Lipinski definition) is 0. The lowest BCUT2D eigenvalue weighted by atomic mass is 9.83. The third-order valence-corrected chi connectivity index (χ3v) is 3.58. The van der Waals surface area contributed by atoms with Gasteiger partial charge in [-0.15, -0.1) is 0 Å². The fourth-order valence-corrected chi connectivity index (χ4v) is 1.74. The van der Waals surface area contributed by atoms with E-state index < -0.39 is 0 Å². The predicted octanol–water partition coefficient (Wildman–Crippen LogP) is 5.03. The van der Waals surface area contributed by atoms with Crippen LogP contribution in [0, 0.1) is 11.3 Å². The van der Waals surface area contributed by atoms with E-state index in [1.165, 1.54) is 38.5 Å². The molecule has 0 aliphatic rings. The van der Waals surface area contributed by atoms with Crippen molar-refractivity contribution in [3.8, 4) is 0 Å². The normalized spacial score (nSPS) is 12.5. The summed E-state index contributed by atoms with van der Waals surface area (Å²) in [6, 6.07) is 0. The first-order chi connectivity index (χ1) is 6.05. The van der Waals surface area contributed by atoms with Crippen molar-refractivity contribution in [1.82, 2.24) is 0 Å². The monoisotopic (exact) mass is 184 g/mol. The van der Waals surface area contributed by atoms with Crippen LogP contribution in [0.15, 0.2) is 0 Å². The highest BCUT2D eigenvalue weighted by atomic mass is 14.2. The molecule has 0 atom stereocenters. The Balaban J connectivity index is 3.54. The highest BCUT2D eigenvalue weighted by molar-refractivity contribution is 4.67. The molecular weight excluding hydrogens is 156 g/mol. The lowest BCUT2D eigenvalue weighted by Gasteiger charge is -2.23.